The molecule has 0 atom stereocenters. The van der Waals surface area contributed by atoms with Crippen LogP contribution in [0, 0.1) is 0 Å². The van der Waals surface area contributed by atoms with Gasteiger partial charge in [0.25, 0.3) is 0 Å². The Morgan fingerprint density at radius 1 is 1.17 bits per heavy atom. The number of carboxylic acids is 1. The van der Waals surface area contributed by atoms with E-state index in [4.69, 9.17) is 9.52 Å². The van der Waals surface area contributed by atoms with Gasteiger partial charge in [0.2, 0.25) is 5.16 Å². The standard InChI is InChI=1S/C17H12N4O3S.C2H6.CH5N/c22-15(23)9-25-17-19-16(20-21-17)14-6-5-13(24-14)11-3-4-12-10(8-11)2-1-7-18-12;2*1-2/h1-8H,9H2,(H,22,23)(H,19,20,21);1-2H3;2H2,1H3. The Kier molecular flexibility index (Phi) is 8.38. The molecule has 4 rings (SSSR count). The zero-order valence-corrected chi connectivity index (χ0v) is 17.2. The Balaban J connectivity index is 0.000000707. The number of nitrogens with zero attached hydrogens (tertiary/aromatic N) is 3. The molecule has 0 aliphatic heterocycles. The molecule has 3 aromatic heterocycles. The molecule has 1 aromatic carbocycles. The summed E-state index contributed by atoms with van der Waals surface area (Å²) in [5, 5.41) is 16.8. The Labute approximate surface area is 172 Å². The van der Waals surface area contributed by atoms with Crippen LogP contribution in [0.2, 0.25) is 0 Å². The molecule has 0 saturated carbocycles. The number of thioether (sulfide) groups is 1. The fourth-order valence-corrected chi connectivity index (χ4v) is 2.92. The highest BCUT2D eigenvalue weighted by Crippen LogP contribution is 2.29. The molecule has 0 spiro atoms. The summed E-state index contributed by atoms with van der Waals surface area (Å²) in [6, 6.07) is 13.5. The van der Waals surface area contributed by atoms with Crippen molar-refractivity contribution in [2.24, 2.45) is 5.73 Å². The van der Waals surface area contributed by atoms with E-state index in [2.05, 4.69) is 25.9 Å². The van der Waals surface area contributed by atoms with Crippen molar-refractivity contribution < 1.29 is 14.3 Å². The summed E-state index contributed by atoms with van der Waals surface area (Å²) in [5.74, 6) is 0.697. The monoisotopic (exact) mass is 413 g/mol. The Hall–Kier alpha value is -3.17. The van der Waals surface area contributed by atoms with Crippen molar-refractivity contribution in [1.29, 1.82) is 0 Å². The van der Waals surface area contributed by atoms with Crippen LogP contribution in [0.5, 0.6) is 0 Å². The first-order chi connectivity index (χ1) is 14.2. The van der Waals surface area contributed by atoms with E-state index in [9.17, 15) is 4.79 Å². The summed E-state index contributed by atoms with van der Waals surface area (Å²) in [7, 11) is 1.50. The number of aliphatic carboxylic acids is 1. The summed E-state index contributed by atoms with van der Waals surface area (Å²) >= 11 is 1.05. The van der Waals surface area contributed by atoms with Gasteiger partial charge < -0.3 is 15.3 Å². The number of pyridine rings is 1. The van der Waals surface area contributed by atoms with Gasteiger partial charge >= 0.3 is 5.97 Å². The van der Waals surface area contributed by atoms with Crippen molar-refractivity contribution in [1.82, 2.24) is 20.2 Å². The maximum absolute atomic E-state index is 10.6. The minimum absolute atomic E-state index is 0.0914. The van der Waals surface area contributed by atoms with Gasteiger partial charge in [0.15, 0.2) is 11.6 Å². The van der Waals surface area contributed by atoms with Gasteiger partial charge in [-0.2, -0.15) is 4.98 Å². The first-order valence-electron chi connectivity index (χ1n) is 8.99. The molecule has 0 amide bonds. The second-order valence-corrected chi connectivity index (χ2v) is 6.17. The molecule has 9 heteroatoms. The number of aromatic amines is 1. The topological polar surface area (TPSA) is 131 Å². The normalized spacial score (nSPS) is 9.93. The van der Waals surface area contributed by atoms with Crippen LogP contribution >= 0.6 is 11.8 Å². The quantitative estimate of drug-likeness (QED) is 0.418. The van der Waals surface area contributed by atoms with Gasteiger partial charge in [-0.1, -0.05) is 31.7 Å². The summed E-state index contributed by atoms with van der Waals surface area (Å²) < 4.78 is 5.86. The highest BCUT2D eigenvalue weighted by Gasteiger charge is 2.12. The lowest BCUT2D eigenvalue weighted by Gasteiger charge is -2.00. The van der Waals surface area contributed by atoms with Crippen LogP contribution in [0.15, 0.2) is 58.2 Å². The van der Waals surface area contributed by atoms with Crippen molar-refractivity contribution in [2.75, 3.05) is 12.8 Å². The van der Waals surface area contributed by atoms with Crippen molar-refractivity contribution in [3.05, 3.63) is 48.7 Å². The number of carboxylic acid groups (broad SMARTS) is 1. The van der Waals surface area contributed by atoms with E-state index in [1.165, 1.54) is 7.05 Å². The second-order valence-electron chi connectivity index (χ2n) is 5.22. The number of benzene rings is 1. The molecule has 8 nitrogen and oxygen atoms in total. The van der Waals surface area contributed by atoms with Crippen molar-refractivity contribution >= 4 is 28.6 Å². The number of fused-ring (bicyclic) bond motifs is 1. The van der Waals surface area contributed by atoms with Gasteiger partial charge in [0.1, 0.15) is 5.76 Å². The number of carbonyl (C=O) groups is 1. The van der Waals surface area contributed by atoms with E-state index in [0.717, 1.165) is 28.2 Å². The molecule has 3 heterocycles. The van der Waals surface area contributed by atoms with Crippen molar-refractivity contribution in [3.8, 4) is 22.9 Å². The molecule has 0 bridgehead atoms. The van der Waals surface area contributed by atoms with Crippen molar-refractivity contribution in [2.45, 2.75) is 19.0 Å². The third kappa shape index (κ3) is 5.66. The molecule has 4 N–H and O–H groups in total. The Morgan fingerprint density at radius 3 is 2.69 bits per heavy atom. The van der Waals surface area contributed by atoms with E-state index < -0.39 is 5.97 Å². The summed E-state index contributed by atoms with van der Waals surface area (Å²) in [6.07, 6.45) is 1.76. The molecule has 0 aliphatic rings. The van der Waals surface area contributed by atoms with Gasteiger partial charge in [-0.25, -0.2) is 0 Å². The molecule has 0 radical (unpaired) electrons. The highest BCUT2D eigenvalue weighted by molar-refractivity contribution is 7.99. The van der Waals surface area contributed by atoms with Crippen LogP contribution in [0.4, 0.5) is 0 Å². The molecule has 152 valence electrons. The lowest BCUT2D eigenvalue weighted by atomic mass is 10.1. The van der Waals surface area contributed by atoms with Gasteiger partial charge in [0, 0.05) is 17.1 Å². The van der Waals surface area contributed by atoms with Crippen LogP contribution in [-0.2, 0) is 4.79 Å². The summed E-state index contributed by atoms with van der Waals surface area (Å²) in [6.45, 7) is 4.00. The predicted octanol–water partition coefficient (Wildman–Crippen LogP) is 4.06. The predicted molar refractivity (Wildman–Crippen MR) is 115 cm³/mol. The van der Waals surface area contributed by atoms with Gasteiger partial charge in [-0.15, -0.1) is 5.10 Å². The fourth-order valence-electron chi connectivity index (χ4n) is 2.40. The molecule has 0 unspecified atom stereocenters. The van der Waals surface area contributed by atoms with Gasteiger partial charge in [-0.3, -0.25) is 14.9 Å². The maximum atomic E-state index is 10.6. The number of nitrogens with one attached hydrogen (secondary N) is 1. The lowest BCUT2D eigenvalue weighted by Crippen LogP contribution is -1.97. The number of nitrogens with two attached hydrogens (primary N) is 1. The largest absolute Gasteiger partial charge is 0.481 e. The SMILES string of the molecule is CC.CN.O=C(O)CSc1n[nH]c(-c2ccc(-c3ccc4ncccc4c3)o2)n1. The van der Waals surface area contributed by atoms with E-state index in [-0.39, 0.29) is 5.75 Å². The Bertz CT molecular complexity index is 1060. The first kappa shape index (κ1) is 22.1. The number of H-pyrrole nitrogens is 1. The first-order valence-corrected chi connectivity index (χ1v) is 9.98. The zero-order chi connectivity index (χ0) is 21.2. The highest BCUT2D eigenvalue weighted by atomic mass is 32.2. The molecule has 29 heavy (non-hydrogen) atoms. The van der Waals surface area contributed by atoms with Gasteiger partial charge in [-0.05, 0) is 43.4 Å². The van der Waals surface area contributed by atoms with Crippen LogP contribution < -0.4 is 5.73 Å². The number of aromatic nitrogens is 4. The van der Waals surface area contributed by atoms with Crippen LogP contribution in [0.25, 0.3) is 33.8 Å². The number of hydrogen-bond donors (Lipinski definition) is 3. The van der Waals surface area contributed by atoms with E-state index in [0.29, 0.717) is 22.5 Å². The third-order valence-electron chi connectivity index (χ3n) is 3.52. The zero-order valence-electron chi connectivity index (χ0n) is 16.4. The second kappa shape index (κ2) is 11.0. The number of hydrogen-bond acceptors (Lipinski definition) is 7. The van der Waals surface area contributed by atoms with Crippen LogP contribution in [0.3, 0.4) is 0 Å². The van der Waals surface area contributed by atoms with E-state index in [1.807, 2.05) is 50.2 Å². The summed E-state index contributed by atoms with van der Waals surface area (Å²) in [4.78, 5) is 19.1. The molecule has 0 saturated heterocycles. The average Bonchev–Trinajstić information content (AvgIpc) is 3.44. The smallest absolute Gasteiger partial charge is 0.313 e. The molecule has 4 aromatic rings. The van der Waals surface area contributed by atoms with Crippen molar-refractivity contribution in [3.63, 3.8) is 0 Å². The maximum Gasteiger partial charge on any atom is 0.313 e. The van der Waals surface area contributed by atoms with E-state index in [1.54, 1.807) is 12.3 Å². The Morgan fingerprint density at radius 2 is 1.93 bits per heavy atom. The molecule has 0 fully saturated rings. The van der Waals surface area contributed by atoms with E-state index >= 15 is 0 Å². The van der Waals surface area contributed by atoms with Crippen LogP contribution in [0.1, 0.15) is 13.8 Å². The van der Waals surface area contributed by atoms with Gasteiger partial charge in [0.05, 0.1) is 11.3 Å². The van der Waals surface area contributed by atoms with Crippen LogP contribution in [-0.4, -0.2) is 44.0 Å². The minimum atomic E-state index is -0.914. The lowest BCUT2D eigenvalue weighted by molar-refractivity contribution is -0.133. The average molecular weight is 414 g/mol. The number of rotatable bonds is 5. The third-order valence-corrected chi connectivity index (χ3v) is 4.35. The number of furan rings is 1. The summed E-state index contributed by atoms with van der Waals surface area (Å²) in [5.41, 5.74) is 6.36. The fraction of sp³-hybridized carbons (Fsp3) is 0.200. The molecule has 0 aliphatic carbocycles. The molecular formula is C20H23N5O3S. The molecular weight excluding hydrogens is 390 g/mol. The minimum Gasteiger partial charge on any atom is -0.481 e.